The molecule has 6 heteroatoms. The van der Waals surface area contributed by atoms with Crippen molar-refractivity contribution in [1.29, 1.82) is 0 Å². The van der Waals surface area contributed by atoms with Gasteiger partial charge in [0, 0.05) is 18.0 Å². The van der Waals surface area contributed by atoms with E-state index in [-0.39, 0.29) is 16.9 Å². The summed E-state index contributed by atoms with van der Waals surface area (Å²) >= 11 is 0. The third-order valence-electron chi connectivity index (χ3n) is 3.98. The van der Waals surface area contributed by atoms with Crippen molar-refractivity contribution < 1.29 is 17.9 Å². The van der Waals surface area contributed by atoms with E-state index >= 15 is 0 Å². The van der Waals surface area contributed by atoms with Crippen LogP contribution in [-0.2, 0) is 10.0 Å². The normalized spacial score (nSPS) is 20.1. The fourth-order valence-electron chi connectivity index (χ4n) is 2.65. The van der Waals surface area contributed by atoms with Crippen LogP contribution in [-0.4, -0.2) is 28.7 Å². The predicted molar refractivity (Wildman–Crippen MR) is 87.5 cm³/mol. The molecule has 122 valence electrons. The Morgan fingerprint density at radius 2 is 1.78 bits per heavy atom. The monoisotopic (exact) mass is 333 g/mol. The van der Waals surface area contributed by atoms with Gasteiger partial charge in [-0.25, -0.2) is 13.1 Å². The summed E-state index contributed by atoms with van der Waals surface area (Å²) < 4.78 is 38.4. The molecule has 0 unspecified atom stereocenters. The summed E-state index contributed by atoms with van der Waals surface area (Å²) in [6, 6.07) is 14.6. The van der Waals surface area contributed by atoms with Gasteiger partial charge in [0.25, 0.3) is 0 Å². The zero-order valence-corrected chi connectivity index (χ0v) is 13.8. The van der Waals surface area contributed by atoms with Gasteiger partial charge in [0.1, 0.15) is 16.4 Å². The molecule has 1 aliphatic rings. The summed E-state index contributed by atoms with van der Waals surface area (Å²) in [7, 11) is -0.721. The Bertz CT molecular complexity index is 789. The highest BCUT2D eigenvalue weighted by Gasteiger charge is 2.41. The van der Waals surface area contributed by atoms with Crippen LogP contribution in [0.5, 0.6) is 11.5 Å². The fourth-order valence-corrected chi connectivity index (χ4v) is 4.12. The first-order valence-corrected chi connectivity index (χ1v) is 8.83. The number of hydrogen-bond donors (Lipinski definition) is 1. The van der Waals surface area contributed by atoms with E-state index < -0.39 is 10.0 Å². The number of benzene rings is 2. The van der Waals surface area contributed by atoms with Crippen molar-refractivity contribution in [3.05, 3.63) is 54.1 Å². The van der Waals surface area contributed by atoms with E-state index in [9.17, 15) is 8.42 Å². The van der Waals surface area contributed by atoms with Gasteiger partial charge in [-0.15, -0.1) is 0 Å². The van der Waals surface area contributed by atoms with Crippen LogP contribution in [0, 0.1) is 0 Å². The number of nitrogens with one attached hydrogen (secondary N) is 1. The molecular weight excluding hydrogens is 314 g/mol. The lowest BCUT2D eigenvalue weighted by molar-refractivity contribution is 0.392. The van der Waals surface area contributed by atoms with E-state index in [0.717, 1.165) is 12.0 Å². The van der Waals surface area contributed by atoms with Crippen LogP contribution in [0.15, 0.2) is 53.4 Å². The second-order valence-corrected chi connectivity index (χ2v) is 7.18. The number of sulfonamides is 1. The SMILES string of the molecule is COc1ccc(OC)c(S(=O)(=O)N[C@H]2C[C@H]2c2ccccc2)c1. The molecule has 1 aliphatic carbocycles. The van der Waals surface area contributed by atoms with E-state index in [1.165, 1.54) is 20.3 Å². The third-order valence-corrected chi connectivity index (χ3v) is 5.50. The Hall–Kier alpha value is -2.05. The Morgan fingerprint density at radius 3 is 2.43 bits per heavy atom. The van der Waals surface area contributed by atoms with Crippen LogP contribution in [0.4, 0.5) is 0 Å². The first-order valence-electron chi connectivity index (χ1n) is 7.34. The summed E-state index contributed by atoms with van der Waals surface area (Å²) in [5.74, 6) is 0.999. The molecule has 0 bridgehead atoms. The highest BCUT2D eigenvalue weighted by Crippen LogP contribution is 2.42. The molecule has 1 N–H and O–H groups in total. The molecular formula is C17H19NO4S. The van der Waals surface area contributed by atoms with Crippen LogP contribution in [0.3, 0.4) is 0 Å². The second kappa shape index (κ2) is 6.22. The standard InChI is InChI=1S/C17H19NO4S/c1-21-13-8-9-16(22-2)17(10-13)23(19,20)18-15-11-14(15)12-6-4-3-5-7-12/h3-10,14-15,18H,11H2,1-2H3/t14-,15-/m0/s1. The van der Waals surface area contributed by atoms with Gasteiger partial charge in [-0.05, 0) is 24.1 Å². The number of methoxy groups -OCH3 is 2. The molecule has 23 heavy (non-hydrogen) atoms. The molecule has 2 aromatic carbocycles. The molecule has 0 aromatic heterocycles. The van der Waals surface area contributed by atoms with Gasteiger partial charge in [0.2, 0.25) is 10.0 Å². The van der Waals surface area contributed by atoms with Crippen molar-refractivity contribution in [2.45, 2.75) is 23.3 Å². The van der Waals surface area contributed by atoms with Crippen LogP contribution in [0.25, 0.3) is 0 Å². The average molecular weight is 333 g/mol. The van der Waals surface area contributed by atoms with Gasteiger partial charge in [0.05, 0.1) is 14.2 Å². The Morgan fingerprint density at radius 1 is 1.04 bits per heavy atom. The third kappa shape index (κ3) is 3.33. The summed E-state index contributed by atoms with van der Waals surface area (Å²) in [6.45, 7) is 0. The van der Waals surface area contributed by atoms with Gasteiger partial charge in [-0.1, -0.05) is 30.3 Å². The lowest BCUT2D eigenvalue weighted by Gasteiger charge is -2.12. The van der Waals surface area contributed by atoms with Crippen LogP contribution < -0.4 is 14.2 Å². The van der Waals surface area contributed by atoms with Crippen LogP contribution in [0.2, 0.25) is 0 Å². The summed E-state index contributed by atoms with van der Waals surface area (Å²) in [6.07, 6.45) is 0.801. The Kier molecular flexibility index (Phi) is 4.28. The van der Waals surface area contributed by atoms with Crippen molar-refractivity contribution >= 4 is 10.0 Å². The molecule has 0 heterocycles. The van der Waals surface area contributed by atoms with Gasteiger partial charge < -0.3 is 9.47 Å². The molecule has 0 aliphatic heterocycles. The second-order valence-electron chi connectivity index (χ2n) is 5.50. The lowest BCUT2D eigenvalue weighted by atomic mass is 10.1. The summed E-state index contributed by atoms with van der Waals surface area (Å²) in [4.78, 5) is 0.0954. The number of hydrogen-bond acceptors (Lipinski definition) is 4. The molecule has 1 fully saturated rings. The van der Waals surface area contributed by atoms with E-state index in [2.05, 4.69) is 4.72 Å². The van der Waals surface area contributed by atoms with Gasteiger partial charge in [0.15, 0.2) is 0 Å². The number of ether oxygens (including phenoxy) is 2. The van der Waals surface area contributed by atoms with E-state index in [0.29, 0.717) is 11.5 Å². The molecule has 0 radical (unpaired) electrons. The molecule has 1 saturated carbocycles. The molecule has 0 amide bonds. The topological polar surface area (TPSA) is 64.6 Å². The van der Waals surface area contributed by atoms with Crippen molar-refractivity contribution in [2.24, 2.45) is 0 Å². The number of rotatable bonds is 6. The minimum absolute atomic E-state index is 0.0849. The van der Waals surface area contributed by atoms with E-state index in [1.807, 2.05) is 30.3 Å². The van der Waals surface area contributed by atoms with Gasteiger partial charge >= 0.3 is 0 Å². The highest BCUT2D eigenvalue weighted by atomic mass is 32.2. The van der Waals surface area contributed by atoms with Crippen molar-refractivity contribution in [3.63, 3.8) is 0 Å². The maximum atomic E-state index is 12.7. The van der Waals surface area contributed by atoms with Crippen LogP contribution >= 0.6 is 0 Å². The van der Waals surface area contributed by atoms with Gasteiger partial charge in [-0.2, -0.15) is 0 Å². The van der Waals surface area contributed by atoms with Crippen molar-refractivity contribution in [1.82, 2.24) is 4.72 Å². The zero-order chi connectivity index (χ0) is 16.4. The molecule has 0 saturated heterocycles. The quantitative estimate of drug-likeness (QED) is 0.882. The maximum Gasteiger partial charge on any atom is 0.244 e. The lowest BCUT2D eigenvalue weighted by Crippen LogP contribution is -2.27. The zero-order valence-electron chi connectivity index (χ0n) is 13.0. The fraction of sp³-hybridized carbons (Fsp3) is 0.294. The van der Waals surface area contributed by atoms with Crippen molar-refractivity contribution in [3.8, 4) is 11.5 Å². The Labute approximate surface area is 136 Å². The minimum atomic E-state index is -3.67. The average Bonchev–Trinajstić information content (AvgIpc) is 3.33. The first kappa shape index (κ1) is 15.8. The first-order chi connectivity index (χ1) is 11.0. The van der Waals surface area contributed by atoms with E-state index in [4.69, 9.17) is 9.47 Å². The largest absolute Gasteiger partial charge is 0.497 e. The van der Waals surface area contributed by atoms with Crippen molar-refractivity contribution in [2.75, 3.05) is 14.2 Å². The maximum absolute atomic E-state index is 12.7. The van der Waals surface area contributed by atoms with E-state index in [1.54, 1.807) is 12.1 Å². The molecule has 2 aromatic rings. The highest BCUT2D eigenvalue weighted by molar-refractivity contribution is 7.89. The molecule has 2 atom stereocenters. The summed E-state index contributed by atoms with van der Waals surface area (Å²) in [5.41, 5.74) is 1.15. The van der Waals surface area contributed by atoms with Gasteiger partial charge in [-0.3, -0.25) is 0 Å². The van der Waals surface area contributed by atoms with Crippen LogP contribution in [0.1, 0.15) is 17.9 Å². The Balaban J connectivity index is 1.81. The molecule has 5 nitrogen and oxygen atoms in total. The minimum Gasteiger partial charge on any atom is -0.497 e. The molecule has 3 rings (SSSR count). The molecule has 0 spiro atoms. The summed E-state index contributed by atoms with van der Waals surface area (Å²) in [5, 5.41) is 0. The predicted octanol–water partition coefficient (Wildman–Crippen LogP) is 2.54. The smallest absolute Gasteiger partial charge is 0.244 e.